The summed E-state index contributed by atoms with van der Waals surface area (Å²) in [7, 11) is 0. The zero-order valence-corrected chi connectivity index (χ0v) is 8.88. The second kappa shape index (κ2) is 4.15. The summed E-state index contributed by atoms with van der Waals surface area (Å²) < 4.78 is 0. The lowest BCUT2D eigenvalue weighted by molar-refractivity contribution is 1.02. The second-order valence-corrected chi connectivity index (χ2v) is 3.95. The van der Waals surface area contributed by atoms with Crippen molar-refractivity contribution in [2.45, 2.75) is 17.1 Å². The van der Waals surface area contributed by atoms with Crippen molar-refractivity contribution in [2.24, 2.45) is 0 Å². The van der Waals surface area contributed by atoms with E-state index in [4.69, 9.17) is 5.26 Å². The number of hydrogen-bond donors (Lipinski definition) is 1. The van der Waals surface area contributed by atoms with Crippen molar-refractivity contribution in [3.05, 3.63) is 35.8 Å². The highest BCUT2D eigenvalue weighted by molar-refractivity contribution is 7.99. The summed E-state index contributed by atoms with van der Waals surface area (Å²) in [5, 5.41) is 10.4. The van der Waals surface area contributed by atoms with Crippen LogP contribution in [0, 0.1) is 18.3 Å². The van der Waals surface area contributed by atoms with E-state index in [0.717, 1.165) is 15.9 Å². The predicted molar refractivity (Wildman–Crippen MR) is 56.4 cm³/mol. The van der Waals surface area contributed by atoms with Crippen LogP contribution in [0.15, 0.2) is 34.7 Å². The third-order valence-electron chi connectivity index (χ3n) is 1.73. The van der Waals surface area contributed by atoms with Crippen LogP contribution in [0.4, 0.5) is 0 Å². The minimum Gasteiger partial charge on any atom is -0.339 e. The number of nitrogens with one attached hydrogen (secondary N) is 1. The number of aryl methyl sites for hydroxylation is 1. The van der Waals surface area contributed by atoms with Crippen LogP contribution >= 0.6 is 11.8 Å². The predicted octanol–water partition coefficient (Wildman–Crippen LogP) is 2.14. The normalized spacial score (nSPS) is 9.87. The molecule has 2 aromatic rings. The fourth-order valence-electron chi connectivity index (χ4n) is 1.16. The molecule has 0 aromatic carbocycles. The van der Waals surface area contributed by atoms with Crippen molar-refractivity contribution in [3.63, 3.8) is 0 Å². The molecule has 0 aliphatic heterocycles. The van der Waals surface area contributed by atoms with Crippen LogP contribution in [-0.4, -0.2) is 15.0 Å². The summed E-state index contributed by atoms with van der Waals surface area (Å²) in [6, 6.07) is 5.61. The number of aromatic amines is 1. The maximum Gasteiger partial charge on any atom is 0.171 e. The molecule has 74 valence electrons. The molecule has 15 heavy (non-hydrogen) atoms. The smallest absolute Gasteiger partial charge is 0.171 e. The van der Waals surface area contributed by atoms with Gasteiger partial charge in [-0.1, -0.05) is 0 Å². The Morgan fingerprint density at radius 3 is 3.00 bits per heavy atom. The van der Waals surface area contributed by atoms with E-state index in [1.807, 2.05) is 6.92 Å². The molecule has 0 amide bonds. The van der Waals surface area contributed by atoms with E-state index in [9.17, 15) is 0 Å². The molecular weight excluding hydrogens is 208 g/mol. The minimum atomic E-state index is 0.622. The van der Waals surface area contributed by atoms with Crippen LogP contribution in [0.1, 0.15) is 11.3 Å². The molecule has 0 bridgehead atoms. The van der Waals surface area contributed by atoms with Crippen LogP contribution in [0.5, 0.6) is 0 Å². The van der Waals surface area contributed by atoms with E-state index in [1.54, 1.807) is 24.5 Å². The highest BCUT2D eigenvalue weighted by Gasteiger charge is 2.03. The zero-order chi connectivity index (χ0) is 10.7. The van der Waals surface area contributed by atoms with Gasteiger partial charge in [0.25, 0.3) is 0 Å². The van der Waals surface area contributed by atoms with Gasteiger partial charge >= 0.3 is 0 Å². The Morgan fingerprint density at radius 2 is 2.33 bits per heavy atom. The molecule has 5 heteroatoms. The largest absolute Gasteiger partial charge is 0.339 e. The summed E-state index contributed by atoms with van der Waals surface area (Å²) in [5.74, 6) is 0. The van der Waals surface area contributed by atoms with Crippen molar-refractivity contribution >= 4 is 11.8 Å². The molecule has 2 rings (SSSR count). The Hall–Kier alpha value is -1.80. The summed E-state index contributed by atoms with van der Waals surface area (Å²) in [6.07, 6.45) is 3.44. The summed E-state index contributed by atoms with van der Waals surface area (Å²) in [5.41, 5.74) is 1.46. The molecule has 4 nitrogen and oxygen atoms in total. The van der Waals surface area contributed by atoms with Gasteiger partial charge in [0.1, 0.15) is 5.03 Å². The van der Waals surface area contributed by atoms with Gasteiger partial charge in [-0.05, 0) is 30.8 Å². The van der Waals surface area contributed by atoms with Gasteiger partial charge in [-0.25, -0.2) is 9.97 Å². The number of pyridine rings is 1. The van der Waals surface area contributed by atoms with Gasteiger partial charge < -0.3 is 4.98 Å². The average molecular weight is 216 g/mol. The van der Waals surface area contributed by atoms with E-state index in [0.29, 0.717) is 5.56 Å². The zero-order valence-electron chi connectivity index (χ0n) is 8.06. The van der Waals surface area contributed by atoms with Crippen molar-refractivity contribution in [2.75, 3.05) is 0 Å². The number of nitrogens with zero attached hydrogens (tertiary/aromatic N) is 3. The third kappa shape index (κ3) is 2.36. The van der Waals surface area contributed by atoms with Crippen LogP contribution in [-0.2, 0) is 0 Å². The average Bonchev–Trinajstić information content (AvgIpc) is 2.69. The first kappa shape index (κ1) is 9.74. The molecule has 0 aliphatic rings. The van der Waals surface area contributed by atoms with Crippen molar-refractivity contribution < 1.29 is 0 Å². The van der Waals surface area contributed by atoms with Gasteiger partial charge in [-0.2, -0.15) is 5.26 Å². The Kier molecular flexibility index (Phi) is 2.70. The first-order valence-corrected chi connectivity index (χ1v) is 5.15. The van der Waals surface area contributed by atoms with E-state index in [1.165, 1.54) is 11.8 Å². The van der Waals surface area contributed by atoms with Crippen LogP contribution < -0.4 is 0 Å². The molecule has 0 unspecified atom stereocenters. The Bertz CT molecular complexity index is 499. The summed E-state index contributed by atoms with van der Waals surface area (Å²) in [4.78, 5) is 11.4. The lowest BCUT2D eigenvalue weighted by atomic mass is 10.2. The summed E-state index contributed by atoms with van der Waals surface area (Å²) >= 11 is 1.41. The minimum absolute atomic E-state index is 0.622. The molecule has 0 fully saturated rings. The monoisotopic (exact) mass is 216 g/mol. The fourth-order valence-corrected chi connectivity index (χ4v) is 1.97. The van der Waals surface area contributed by atoms with Gasteiger partial charge in [-0.3, -0.25) is 0 Å². The van der Waals surface area contributed by atoms with Gasteiger partial charge in [0, 0.05) is 18.1 Å². The van der Waals surface area contributed by atoms with E-state index < -0.39 is 0 Å². The highest BCUT2D eigenvalue weighted by atomic mass is 32.2. The molecule has 0 saturated carbocycles. The molecule has 1 N–H and O–H groups in total. The number of hydrogen-bond acceptors (Lipinski definition) is 4. The van der Waals surface area contributed by atoms with Gasteiger partial charge in [-0.15, -0.1) is 0 Å². The van der Waals surface area contributed by atoms with Crippen LogP contribution in [0.25, 0.3) is 0 Å². The first-order valence-electron chi connectivity index (χ1n) is 4.34. The van der Waals surface area contributed by atoms with Gasteiger partial charge in [0.05, 0.1) is 11.6 Å². The Labute approximate surface area is 91.4 Å². The topological polar surface area (TPSA) is 65.4 Å². The highest BCUT2D eigenvalue weighted by Crippen LogP contribution is 2.23. The molecule has 0 spiro atoms. The molecule has 0 aliphatic carbocycles. The lowest BCUT2D eigenvalue weighted by Gasteiger charge is -1.99. The molecule has 2 aromatic heterocycles. The van der Waals surface area contributed by atoms with Gasteiger partial charge in [0.15, 0.2) is 5.16 Å². The molecular formula is C10H8N4S. The SMILES string of the molecule is Cc1cc(C#N)cc(Sc2ncc[nH]2)n1. The number of imidazole rings is 1. The number of aromatic nitrogens is 3. The first-order chi connectivity index (χ1) is 7.28. The molecule has 0 atom stereocenters. The van der Waals surface area contributed by atoms with Crippen LogP contribution in [0.2, 0.25) is 0 Å². The van der Waals surface area contributed by atoms with Crippen LogP contribution in [0.3, 0.4) is 0 Å². The maximum absolute atomic E-state index is 8.80. The second-order valence-electron chi connectivity index (χ2n) is 2.94. The quantitative estimate of drug-likeness (QED) is 0.835. The van der Waals surface area contributed by atoms with E-state index >= 15 is 0 Å². The third-order valence-corrected chi connectivity index (χ3v) is 2.57. The maximum atomic E-state index is 8.80. The lowest BCUT2D eigenvalue weighted by Crippen LogP contribution is -1.87. The fraction of sp³-hybridized carbons (Fsp3) is 0.100. The van der Waals surface area contributed by atoms with Crippen molar-refractivity contribution in [1.82, 2.24) is 15.0 Å². The molecule has 0 saturated heterocycles. The number of H-pyrrole nitrogens is 1. The Balaban J connectivity index is 2.29. The van der Waals surface area contributed by atoms with Crippen molar-refractivity contribution in [1.29, 1.82) is 5.26 Å². The van der Waals surface area contributed by atoms with Gasteiger partial charge in [0.2, 0.25) is 0 Å². The standard InChI is InChI=1S/C10H8N4S/c1-7-4-8(6-11)5-9(14-7)15-10-12-2-3-13-10/h2-5H,1H3,(H,12,13). The summed E-state index contributed by atoms with van der Waals surface area (Å²) in [6.45, 7) is 1.87. The number of nitriles is 1. The van der Waals surface area contributed by atoms with E-state index in [2.05, 4.69) is 21.0 Å². The molecule has 2 heterocycles. The van der Waals surface area contributed by atoms with Crippen molar-refractivity contribution in [3.8, 4) is 6.07 Å². The Morgan fingerprint density at radius 1 is 1.47 bits per heavy atom. The van der Waals surface area contributed by atoms with E-state index in [-0.39, 0.29) is 0 Å². The number of rotatable bonds is 2. The molecule has 0 radical (unpaired) electrons.